The zero-order valence-electron chi connectivity index (χ0n) is 15.4. The van der Waals surface area contributed by atoms with Gasteiger partial charge >= 0.3 is 0 Å². The van der Waals surface area contributed by atoms with Gasteiger partial charge in [0.15, 0.2) is 0 Å². The summed E-state index contributed by atoms with van der Waals surface area (Å²) in [4.78, 5) is 30.0. The van der Waals surface area contributed by atoms with E-state index >= 15 is 0 Å². The number of carbonyl (C=O) groups is 1. The van der Waals surface area contributed by atoms with E-state index < -0.39 is 17.3 Å². The van der Waals surface area contributed by atoms with E-state index in [1.165, 1.54) is 22.8 Å². The molecule has 6 nitrogen and oxygen atoms in total. The summed E-state index contributed by atoms with van der Waals surface area (Å²) in [5.41, 5.74) is 1.17. The molecule has 0 fully saturated rings. The molecule has 1 amide bonds. The minimum absolute atomic E-state index is 0.0393. The lowest BCUT2D eigenvalue weighted by Crippen LogP contribution is -2.33. The number of carbonyl (C=O) groups excluding carboxylic acids is 1. The van der Waals surface area contributed by atoms with E-state index in [2.05, 4.69) is 10.3 Å². The SMILES string of the molecule is Cc1nc(-c2ccccc2)n(CC(=O)Nc2ccccc2F)c(=O)c1CCO. The van der Waals surface area contributed by atoms with Crippen molar-refractivity contribution in [3.05, 3.63) is 82.0 Å². The third kappa shape index (κ3) is 4.15. The Morgan fingerprint density at radius 2 is 1.82 bits per heavy atom. The first-order valence-corrected chi connectivity index (χ1v) is 8.82. The lowest BCUT2D eigenvalue weighted by atomic mass is 10.1. The number of hydrogen-bond acceptors (Lipinski definition) is 4. The van der Waals surface area contributed by atoms with Crippen LogP contribution in [-0.4, -0.2) is 27.2 Å². The van der Waals surface area contributed by atoms with Gasteiger partial charge in [-0.05, 0) is 19.1 Å². The molecule has 7 heteroatoms. The third-order valence-electron chi connectivity index (χ3n) is 4.31. The molecule has 3 aromatic rings. The fraction of sp³-hybridized carbons (Fsp3) is 0.190. The molecular weight excluding hydrogens is 361 g/mol. The number of aliphatic hydroxyl groups is 1. The number of amides is 1. The van der Waals surface area contributed by atoms with E-state index in [0.29, 0.717) is 22.6 Å². The van der Waals surface area contributed by atoms with Gasteiger partial charge in [-0.25, -0.2) is 9.37 Å². The Bertz CT molecular complexity index is 1050. The Morgan fingerprint density at radius 3 is 2.50 bits per heavy atom. The van der Waals surface area contributed by atoms with Gasteiger partial charge in [0, 0.05) is 29.8 Å². The minimum atomic E-state index is -0.561. The number of benzene rings is 2. The van der Waals surface area contributed by atoms with Crippen LogP contribution < -0.4 is 10.9 Å². The molecule has 1 aromatic heterocycles. The second-order valence-electron chi connectivity index (χ2n) is 6.26. The van der Waals surface area contributed by atoms with Gasteiger partial charge in [0.25, 0.3) is 5.56 Å². The first kappa shape index (κ1) is 19.4. The number of hydrogen-bond donors (Lipinski definition) is 2. The number of nitrogens with one attached hydrogen (secondary N) is 1. The average molecular weight is 381 g/mol. The van der Waals surface area contributed by atoms with Crippen LogP contribution in [-0.2, 0) is 17.8 Å². The number of para-hydroxylation sites is 1. The average Bonchev–Trinajstić information content (AvgIpc) is 2.69. The van der Waals surface area contributed by atoms with Crippen molar-refractivity contribution in [1.82, 2.24) is 9.55 Å². The van der Waals surface area contributed by atoms with Gasteiger partial charge in [0.2, 0.25) is 5.91 Å². The highest BCUT2D eigenvalue weighted by Gasteiger charge is 2.18. The summed E-state index contributed by atoms with van der Waals surface area (Å²) in [5, 5.41) is 11.7. The Balaban J connectivity index is 2.02. The summed E-state index contributed by atoms with van der Waals surface area (Å²) < 4.78 is 15.1. The molecule has 0 radical (unpaired) electrons. The minimum Gasteiger partial charge on any atom is -0.396 e. The Labute approximate surface area is 161 Å². The van der Waals surface area contributed by atoms with E-state index in [4.69, 9.17) is 0 Å². The van der Waals surface area contributed by atoms with Crippen molar-refractivity contribution in [2.45, 2.75) is 19.9 Å². The Morgan fingerprint density at radius 1 is 1.14 bits per heavy atom. The van der Waals surface area contributed by atoms with Crippen LogP contribution in [0.1, 0.15) is 11.3 Å². The Kier molecular flexibility index (Phi) is 5.96. The molecule has 1 heterocycles. The van der Waals surface area contributed by atoms with Gasteiger partial charge in [-0.15, -0.1) is 0 Å². The van der Waals surface area contributed by atoms with Crippen molar-refractivity contribution in [2.75, 3.05) is 11.9 Å². The maximum atomic E-state index is 13.8. The zero-order valence-corrected chi connectivity index (χ0v) is 15.4. The summed E-state index contributed by atoms with van der Waals surface area (Å²) in [7, 11) is 0. The van der Waals surface area contributed by atoms with Gasteiger partial charge in [0.1, 0.15) is 18.2 Å². The molecular formula is C21H20FN3O3. The predicted octanol–water partition coefficient (Wildman–Crippen LogP) is 2.53. The summed E-state index contributed by atoms with van der Waals surface area (Å²) in [6, 6.07) is 14.8. The fourth-order valence-corrected chi connectivity index (χ4v) is 2.95. The van der Waals surface area contributed by atoms with Crippen LogP contribution in [0.3, 0.4) is 0 Å². The molecule has 0 aliphatic carbocycles. The first-order valence-electron chi connectivity index (χ1n) is 8.82. The van der Waals surface area contributed by atoms with Crippen molar-refractivity contribution in [1.29, 1.82) is 0 Å². The molecule has 0 saturated carbocycles. The lowest BCUT2D eigenvalue weighted by Gasteiger charge is -2.16. The highest BCUT2D eigenvalue weighted by atomic mass is 19.1. The molecule has 0 spiro atoms. The molecule has 0 aliphatic rings. The lowest BCUT2D eigenvalue weighted by molar-refractivity contribution is -0.116. The van der Waals surface area contributed by atoms with Crippen LogP contribution in [0.15, 0.2) is 59.4 Å². The van der Waals surface area contributed by atoms with Crippen LogP contribution in [0, 0.1) is 12.7 Å². The maximum Gasteiger partial charge on any atom is 0.257 e. The topological polar surface area (TPSA) is 84.2 Å². The second kappa shape index (κ2) is 8.58. The van der Waals surface area contributed by atoms with E-state index in [9.17, 15) is 19.1 Å². The molecule has 28 heavy (non-hydrogen) atoms. The van der Waals surface area contributed by atoms with Crippen molar-refractivity contribution < 1.29 is 14.3 Å². The van der Waals surface area contributed by atoms with Crippen molar-refractivity contribution in [2.24, 2.45) is 0 Å². The normalized spacial score (nSPS) is 10.7. The first-order chi connectivity index (χ1) is 13.5. The summed E-state index contributed by atoms with van der Waals surface area (Å²) in [5.74, 6) is -0.770. The van der Waals surface area contributed by atoms with Crippen molar-refractivity contribution in [3.63, 3.8) is 0 Å². The van der Waals surface area contributed by atoms with Crippen molar-refractivity contribution in [3.8, 4) is 11.4 Å². The molecule has 2 N–H and O–H groups in total. The zero-order chi connectivity index (χ0) is 20.1. The van der Waals surface area contributed by atoms with Gasteiger partial charge < -0.3 is 10.4 Å². The quantitative estimate of drug-likeness (QED) is 0.687. The number of nitrogens with zero attached hydrogens (tertiary/aromatic N) is 2. The molecule has 0 saturated heterocycles. The van der Waals surface area contributed by atoms with Crippen LogP contribution in [0.25, 0.3) is 11.4 Å². The smallest absolute Gasteiger partial charge is 0.257 e. The number of rotatable bonds is 6. The molecule has 0 unspecified atom stereocenters. The standard InChI is InChI=1S/C21H20FN3O3/c1-14-16(11-12-26)21(28)25(20(23-14)15-7-3-2-4-8-15)13-19(27)24-18-10-6-5-9-17(18)22/h2-10,26H,11-13H2,1H3,(H,24,27). The summed E-state index contributed by atoms with van der Waals surface area (Å²) in [6.45, 7) is 1.16. The van der Waals surface area contributed by atoms with E-state index in [1.54, 1.807) is 25.1 Å². The third-order valence-corrected chi connectivity index (χ3v) is 4.31. The maximum absolute atomic E-state index is 13.8. The van der Waals surface area contributed by atoms with Crippen LogP contribution >= 0.6 is 0 Å². The number of anilines is 1. The van der Waals surface area contributed by atoms with Gasteiger partial charge in [-0.2, -0.15) is 0 Å². The molecule has 0 bridgehead atoms. The number of halogens is 1. The van der Waals surface area contributed by atoms with Gasteiger partial charge in [0.05, 0.1) is 5.69 Å². The summed E-state index contributed by atoms with van der Waals surface area (Å²) >= 11 is 0. The molecule has 2 aromatic carbocycles. The fourth-order valence-electron chi connectivity index (χ4n) is 2.95. The van der Waals surface area contributed by atoms with Crippen LogP contribution in [0.2, 0.25) is 0 Å². The molecule has 0 aliphatic heterocycles. The van der Waals surface area contributed by atoms with Gasteiger partial charge in [-0.1, -0.05) is 42.5 Å². The molecule has 3 rings (SSSR count). The number of aryl methyl sites for hydroxylation is 1. The van der Waals surface area contributed by atoms with E-state index in [-0.39, 0.29) is 25.3 Å². The Hall–Kier alpha value is -3.32. The van der Waals surface area contributed by atoms with Crippen LogP contribution in [0.5, 0.6) is 0 Å². The number of aliphatic hydroxyl groups excluding tert-OH is 1. The van der Waals surface area contributed by atoms with Crippen molar-refractivity contribution >= 4 is 11.6 Å². The second-order valence-corrected chi connectivity index (χ2v) is 6.26. The van der Waals surface area contributed by atoms with E-state index in [0.717, 1.165) is 0 Å². The van der Waals surface area contributed by atoms with E-state index in [1.807, 2.05) is 18.2 Å². The predicted molar refractivity (Wildman–Crippen MR) is 104 cm³/mol. The molecule has 144 valence electrons. The number of aromatic nitrogens is 2. The highest BCUT2D eigenvalue weighted by Crippen LogP contribution is 2.18. The highest BCUT2D eigenvalue weighted by molar-refractivity contribution is 5.91. The van der Waals surface area contributed by atoms with Crippen LogP contribution in [0.4, 0.5) is 10.1 Å². The largest absolute Gasteiger partial charge is 0.396 e. The molecule has 0 atom stereocenters. The monoisotopic (exact) mass is 381 g/mol. The summed E-state index contributed by atoms with van der Waals surface area (Å²) in [6.07, 6.45) is 0.141. The van der Waals surface area contributed by atoms with Gasteiger partial charge in [-0.3, -0.25) is 14.2 Å².